The summed E-state index contributed by atoms with van der Waals surface area (Å²) in [5.41, 5.74) is 0.878. The van der Waals surface area contributed by atoms with Crippen molar-refractivity contribution in [3.63, 3.8) is 0 Å². The minimum atomic E-state index is -0.617. The van der Waals surface area contributed by atoms with E-state index in [9.17, 15) is 14.7 Å². The summed E-state index contributed by atoms with van der Waals surface area (Å²) < 4.78 is 0. The number of aliphatic hydroxyl groups is 1. The number of likely N-dealkylation sites (N-methyl/N-ethyl adjacent to an activating group) is 2. The second kappa shape index (κ2) is 9.32. The molecule has 3 atom stereocenters. The van der Waals surface area contributed by atoms with Crippen molar-refractivity contribution in [3.05, 3.63) is 35.9 Å². The molecule has 1 aromatic rings. The zero-order valence-corrected chi connectivity index (χ0v) is 18.3. The van der Waals surface area contributed by atoms with Crippen molar-refractivity contribution >= 4 is 30.2 Å². The van der Waals surface area contributed by atoms with E-state index in [4.69, 9.17) is 4.99 Å². The van der Waals surface area contributed by atoms with Gasteiger partial charge in [0, 0.05) is 32.7 Å². The molecule has 0 saturated carbocycles. The van der Waals surface area contributed by atoms with Crippen LogP contribution in [0.15, 0.2) is 35.3 Å². The number of hydrogen-bond acceptors (Lipinski definition) is 6. The molecular formula is C21H30ClN5O3. The molecule has 8 nitrogen and oxygen atoms in total. The normalized spacial score (nSPS) is 25.7. The number of imide groups is 1. The molecule has 2 saturated heterocycles. The van der Waals surface area contributed by atoms with E-state index in [0.717, 1.165) is 36.4 Å². The van der Waals surface area contributed by atoms with E-state index in [2.05, 4.69) is 4.90 Å². The maximum atomic E-state index is 13.0. The van der Waals surface area contributed by atoms with E-state index in [1.165, 1.54) is 18.4 Å². The highest BCUT2D eigenvalue weighted by Crippen LogP contribution is 2.29. The van der Waals surface area contributed by atoms with Gasteiger partial charge >= 0.3 is 6.03 Å². The van der Waals surface area contributed by atoms with Gasteiger partial charge in [0.1, 0.15) is 5.84 Å². The Kier molecular flexibility index (Phi) is 7.00. The number of piperidine rings is 1. The van der Waals surface area contributed by atoms with E-state index in [0.29, 0.717) is 18.9 Å². The number of aliphatic hydroxyl groups excluding tert-OH is 1. The van der Waals surface area contributed by atoms with E-state index in [-0.39, 0.29) is 24.3 Å². The number of likely N-dealkylation sites (tertiary alicyclic amines) is 1. The van der Waals surface area contributed by atoms with Crippen LogP contribution in [0.1, 0.15) is 24.8 Å². The first-order chi connectivity index (χ1) is 14.0. The molecule has 4 rings (SSSR count). The highest BCUT2D eigenvalue weighted by molar-refractivity contribution is 6.08. The lowest BCUT2D eigenvalue weighted by molar-refractivity contribution is -0.136. The number of carbonyl (C=O) groups excluding carboxylic acids is 2. The van der Waals surface area contributed by atoms with E-state index >= 15 is 0 Å². The van der Waals surface area contributed by atoms with Gasteiger partial charge in [-0.25, -0.2) is 9.79 Å². The molecule has 1 N–H and O–H groups in total. The summed E-state index contributed by atoms with van der Waals surface area (Å²) in [6, 6.07) is 8.68. The Hall–Kier alpha value is -2.16. The number of rotatable bonds is 5. The van der Waals surface area contributed by atoms with Crippen molar-refractivity contribution in [3.8, 4) is 0 Å². The fourth-order valence-corrected chi connectivity index (χ4v) is 4.52. The molecule has 3 heterocycles. The Morgan fingerprint density at radius 3 is 2.40 bits per heavy atom. The second-order valence-corrected chi connectivity index (χ2v) is 8.14. The van der Waals surface area contributed by atoms with Crippen LogP contribution in [0.5, 0.6) is 0 Å². The third-order valence-electron chi connectivity index (χ3n) is 6.07. The van der Waals surface area contributed by atoms with Crippen molar-refractivity contribution in [1.29, 1.82) is 0 Å². The number of fused-ring (bicyclic) bond motifs is 1. The fraction of sp³-hybridized carbons (Fsp3) is 0.571. The van der Waals surface area contributed by atoms with Gasteiger partial charge < -0.3 is 19.8 Å². The molecular weight excluding hydrogens is 406 g/mol. The number of aliphatic imine (C=N–C) groups is 1. The minimum Gasteiger partial charge on any atom is -0.390 e. The van der Waals surface area contributed by atoms with Crippen molar-refractivity contribution in [2.75, 3.05) is 40.3 Å². The number of hydrogen-bond donors (Lipinski definition) is 1. The lowest BCUT2D eigenvalue weighted by atomic mass is 10.1. The monoisotopic (exact) mass is 435 g/mol. The highest BCUT2D eigenvalue weighted by Gasteiger charge is 2.51. The van der Waals surface area contributed by atoms with Crippen LogP contribution in [0.4, 0.5) is 4.79 Å². The molecule has 0 aliphatic carbocycles. The lowest BCUT2D eigenvalue weighted by Gasteiger charge is -2.41. The average Bonchev–Trinajstić information content (AvgIpc) is 3.11. The molecule has 1 aromatic carbocycles. The fourth-order valence-electron chi connectivity index (χ4n) is 4.52. The SMILES string of the molecule is CN1C(=O)C2C(N=C(c3ccccc3)N2CC(O)CN2CCCCC2)N(C)C1=O.Cl. The summed E-state index contributed by atoms with van der Waals surface area (Å²) in [5, 5.41) is 10.8. The quantitative estimate of drug-likeness (QED) is 0.752. The molecule has 3 amide bonds. The number of amides is 3. The maximum absolute atomic E-state index is 13.0. The van der Waals surface area contributed by atoms with E-state index in [1.54, 1.807) is 7.05 Å². The smallest absolute Gasteiger partial charge is 0.328 e. The Morgan fingerprint density at radius 2 is 1.73 bits per heavy atom. The average molecular weight is 436 g/mol. The van der Waals surface area contributed by atoms with Crippen molar-refractivity contribution in [1.82, 2.24) is 19.6 Å². The third-order valence-corrected chi connectivity index (χ3v) is 6.07. The first-order valence-electron chi connectivity index (χ1n) is 10.3. The van der Waals surface area contributed by atoms with Gasteiger partial charge in [0.2, 0.25) is 0 Å². The summed E-state index contributed by atoms with van der Waals surface area (Å²) in [6.45, 7) is 2.88. The predicted octanol–water partition coefficient (Wildman–Crippen LogP) is 1.24. The van der Waals surface area contributed by atoms with Gasteiger partial charge in [0.25, 0.3) is 5.91 Å². The number of urea groups is 1. The van der Waals surface area contributed by atoms with Gasteiger partial charge in [0.15, 0.2) is 12.2 Å². The van der Waals surface area contributed by atoms with Crippen LogP contribution >= 0.6 is 12.4 Å². The van der Waals surface area contributed by atoms with Gasteiger partial charge in [-0.2, -0.15) is 0 Å². The molecule has 30 heavy (non-hydrogen) atoms. The number of benzene rings is 1. The van der Waals surface area contributed by atoms with Gasteiger partial charge in [0.05, 0.1) is 6.10 Å². The summed E-state index contributed by atoms with van der Waals surface area (Å²) in [6.07, 6.45) is 2.38. The Balaban J connectivity index is 0.00000256. The summed E-state index contributed by atoms with van der Waals surface area (Å²) in [7, 11) is 3.17. The lowest BCUT2D eigenvalue weighted by Crippen LogP contribution is -2.64. The third kappa shape index (κ3) is 4.17. The topological polar surface area (TPSA) is 79.7 Å². The molecule has 0 bridgehead atoms. The van der Waals surface area contributed by atoms with Crippen LogP contribution in [0.2, 0.25) is 0 Å². The molecule has 2 fully saturated rings. The molecule has 3 unspecified atom stereocenters. The second-order valence-electron chi connectivity index (χ2n) is 8.14. The predicted molar refractivity (Wildman–Crippen MR) is 117 cm³/mol. The van der Waals surface area contributed by atoms with Crippen LogP contribution in [0.25, 0.3) is 0 Å². The van der Waals surface area contributed by atoms with Crippen LogP contribution in [0, 0.1) is 0 Å². The maximum Gasteiger partial charge on any atom is 0.328 e. The summed E-state index contributed by atoms with van der Waals surface area (Å²) >= 11 is 0. The Morgan fingerprint density at radius 1 is 1.07 bits per heavy atom. The molecule has 0 radical (unpaired) electrons. The number of amidine groups is 1. The number of halogens is 1. The van der Waals surface area contributed by atoms with Crippen LogP contribution < -0.4 is 0 Å². The van der Waals surface area contributed by atoms with E-state index in [1.807, 2.05) is 35.2 Å². The largest absolute Gasteiger partial charge is 0.390 e. The van der Waals surface area contributed by atoms with Crippen LogP contribution in [-0.2, 0) is 4.79 Å². The number of β-amino-alcohol motifs (C(OH)–C–C–N with tert-alkyl or cyclic N) is 1. The van der Waals surface area contributed by atoms with Gasteiger partial charge in [-0.3, -0.25) is 9.69 Å². The van der Waals surface area contributed by atoms with Gasteiger partial charge in [-0.1, -0.05) is 36.8 Å². The zero-order valence-electron chi connectivity index (χ0n) is 17.5. The highest BCUT2D eigenvalue weighted by atomic mass is 35.5. The van der Waals surface area contributed by atoms with E-state index < -0.39 is 18.3 Å². The van der Waals surface area contributed by atoms with Crippen molar-refractivity contribution in [2.45, 2.75) is 37.6 Å². The zero-order chi connectivity index (χ0) is 20.5. The molecule has 164 valence electrons. The van der Waals surface area contributed by atoms with Crippen LogP contribution in [0.3, 0.4) is 0 Å². The number of nitrogens with zero attached hydrogens (tertiary/aromatic N) is 5. The first-order valence-corrected chi connectivity index (χ1v) is 10.3. The molecule has 3 aliphatic heterocycles. The molecule has 9 heteroatoms. The number of carbonyl (C=O) groups is 2. The standard InChI is InChI=1S/C21H29N5O3.ClH/c1-23-19-17(20(28)24(2)21(23)29)26(18(22-19)15-9-5-3-6-10-15)14-16(27)13-25-11-7-4-8-12-25;/h3,5-6,9-10,16-17,19,27H,4,7-8,11-14H2,1-2H3;1H. The molecule has 0 aromatic heterocycles. The molecule has 3 aliphatic rings. The summed E-state index contributed by atoms with van der Waals surface area (Å²) in [4.78, 5) is 37.0. The van der Waals surface area contributed by atoms with Crippen molar-refractivity contribution in [2.24, 2.45) is 4.99 Å². The Labute approximate surface area is 183 Å². The summed E-state index contributed by atoms with van der Waals surface area (Å²) in [5.74, 6) is 0.375. The van der Waals surface area contributed by atoms with Crippen LogP contribution in [-0.4, -0.2) is 101 Å². The van der Waals surface area contributed by atoms with Gasteiger partial charge in [-0.15, -0.1) is 12.4 Å². The van der Waals surface area contributed by atoms with Gasteiger partial charge in [-0.05, 0) is 25.9 Å². The first kappa shape index (κ1) is 22.5. The molecule has 0 spiro atoms. The van der Waals surface area contributed by atoms with Crippen molar-refractivity contribution < 1.29 is 14.7 Å². The minimum absolute atomic E-state index is 0. The Bertz CT molecular complexity index is 799.